The van der Waals surface area contributed by atoms with Crippen molar-refractivity contribution in [2.75, 3.05) is 0 Å². The van der Waals surface area contributed by atoms with E-state index in [2.05, 4.69) is 9.71 Å². The summed E-state index contributed by atoms with van der Waals surface area (Å²) < 4.78 is 31.5. The first-order valence-electron chi connectivity index (χ1n) is 5.34. The van der Waals surface area contributed by atoms with Crippen LogP contribution in [0.15, 0.2) is 32.3 Å². The molecule has 0 aliphatic rings. The molecule has 0 spiro atoms. The van der Waals surface area contributed by atoms with Gasteiger partial charge >= 0.3 is 5.76 Å². The Hall–Kier alpha value is -1.60. The van der Waals surface area contributed by atoms with Gasteiger partial charge in [-0.05, 0) is 39.0 Å². The molecule has 0 saturated heterocycles. The van der Waals surface area contributed by atoms with Crippen LogP contribution in [0.25, 0.3) is 11.1 Å². The lowest BCUT2D eigenvalue weighted by Crippen LogP contribution is -2.40. The molecule has 0 fully saturated rings. The lowest BCUT2D eigenvalue weighted by molar-refractivity contribution is 0.491. The minimum absolute atomic E-state index is 0.0852. The van der Waals surface area contributed by atoms with Crippen LogP contribution in [0.2, 0.25) is 0 Å². The molecular weight excluding hydrogens is 256 g/mol. The number of aromatic amines is 1. The van der Waals surface area contributed by atoms with Gasteiger partial charge < -0.3 is 4.42 Å². The predicted molar refractivity (Wildman–Crippen MR) is 66.9 cm³/mol. The van der Waals surface area contributed by atoms with Crippen LogP contribution < -0.4 is 10.5 Å². The number of H-pyrrole nitrogens is 1. The van der Waals surface area contributed by atoms with Crippen LogP contribution in [0, 0.1) is 0 Å². The van der Waals surface area contributed by atoms with Crippen LogP contribution in [-0.4, -0.2) is 18.9 Å². The highest BCUT2D eigenvalue weighted by molar-refractivity contribution is 7.89. The molecule has 18 heavy (non-hydrogen) atoms. The van der Waals surface area contributed by atoms with E-state index in [0.717, 1.165) is 0 Å². The van der Waals surface area contributed by atoms with Crippen molar-refractivity contribution in [2.45, 2.75) is 31.2 Å². The highest BCUT2D eigenvalue weighted by atomic mass is 32.2. The van der Waals surface area contributed by atoms with Gasteiger partial charge in [-0.25, -0.2) is 17.9 Å². The van der Waals surface area contributed by atoms with E-state index in [1.807, 2.05) is 0 Å². The third-order valence-corrected chi connectivity index (χ3v) is 3.90. The second-order valence-corrected chi connectivity index (χ2v) is 6.71. The zero-order valence-corrected chi connectivity index (χ0v) is 11.1. The van der Waals surface area contributed by atoms with Gasteiger partial charge in [-0.1, -0.05) is 0 Å². The molecule has 0 bridgehead atoms. The van der Waals surface area contributed by atoms with E-state index in [9.17, 15) is 13.2 Å². The fourth-order valence-electron chi connectivity index (χ4n) is 1.56. The normalized spacial score (nSPS) is 13.1. The maximum absolute atomic E-state index is 12.1. The molecule has 98 valence electrons. The van der Waals surface area contributed by atoms with Gasteiger partial charge in [0.2, 0.25) is 10.0 Å². The maximum Gasteiger partial charge on any atom is 0.417 e. The summed E-state index contributed by atoms with van der Waals surface area (Å²) in [5.74, 6) is -0.608. The summed E-state index contributed by atoms with van der Waals surface area (Å²) in [6, 6.07) is 4.21. The molecule has 0 radical (unpaired) electrons. The number of oxazole rings is 1. The number of hydrogen-bond donors (Lipinski definition) is 2. The van der Waals surface area contributed by atoms with Crippen LogP contribution in [0.3, 0.4) is 0 Å². The van der Waals surface area contributed by atoms with E-state index < -0.39 is 21.3 Å². The maximum atomic E-state index is 12.1. The number of fused-ring (bicyclic) bond motifs is 1. The third kappa shape index (κ3) is 2.62. The first-order valence-corrected chi connectivity index (χ1v) is 6.83. The van der Waals surface area contributed by atoms with E-state index in [4.69, 9.17) is 4.42 Å². The summed E-state index contributed by atoms with van der Waals surface area (Å²) in [5, 5.41) is 0. The van der Waals surface area contributed by atoms with E-state index in [-0.39, 0.29) is 4.90 Å². The molecule has 6 nitrogen and oxygen atoms in total. The number of rotatable bonds is 2. The number of hydrogen-bond acceptors (Lipinski definition) is 4. The van der Waals surface area contributed by atoms with Crippen molar-refractivity contribution >= 4 is 21.1 Å². The molecule has 1 aromatic carbocycles. The average molecular weight is 270 g/mol. The van der Waals surface area contributed by atoms with Gasteiger partial charge in [-0.15, -0.1) is 0 Å². The molecule has 7 heteroatoms. The third-order valence-electron chi connectivity index (χ3n) is 2.14. The molecule has 0 aliphatic heterocycles. The standard InChI is InChI=1S/C11H14N2O4S/c1-11(2,3)13-18(15,16)7-4-5-9-8(6-7)12-10(14)17-9/h4-6,13H,1-3H3,(H,12,14). The Morgan fingerprint density at radius 2 is 1.94 bits per heavy atom. The van der Waals surface area contributed by atoms with Crippen molar-refractivity contribution in [1.82, 2.24) is 9.71 Å². The Morgan fingerprint density at radius 3 is 2.56 bits per heavy atom. The zero-order valence-electron chi connectivity index (χ0n) is 10.3. The number of sulfonamides is 1. The van der Waals surface area contributed by atoms with Crippen molar-refractivity contribution in [1.29, 1.82) is 0 Å². The fourth-order valence-corrected chi connectivity index (χ4v) is 3.00. The Balaban J connectivity index is 2.51. The topological polar surface area (TPSA) is 92.2 Å². The summed E-state index contributed by atoms with van der Waals surface area (Å²) in [4.78, 5) is 13.5. The summed E-state index contributed by atoms with van der Waals surface area (Å²) in [6.45, 7) is 5.26. The van der Waals surface area contributed by atoms with Crippen LogP contribution in [-0.2, 0) is 10.0 Å². The van der Waals surface area contributed by atoms with Gasteiger partial charge in [-0.3, -0.25) is 4.98 Å². The quantitative estimate of drug-likeness (QED) is 0.857. The molecule has 0 unspecified atom stereocenters. The fraction of sp³-hybridized carbons (Fsp3) is 0.364. The highest BCUT2D eigenvalue weighted by Crippen LogP contribution is 2.17. The summed E-state index contributed by atoms with van der Waals surface area (Å²) in [7, 11) is -3.61. The van der Waals surface area contributed by atoms with E-state index in [0.29, 0.717) is 11.1 Å². The van der Waals surface area contributed by atoms with Crippen molar-refractivity contribution in [3.05, 3.63) is 28.7 Å². The predicted octanol–water partition coefficient (Wildman–Crippen LogP) is 1.20. The summed E-state index contributed by atoms with van der Waals surface area (Å²) >= 11 is 0. The van der Waals surface area contributed by atoms with Gasteiger partial charge in [0.05, 0.1) is 10.4 Å². The SMILES string of the molecule is CC(C)(C)NS(=O)(=O)c1ccc2oc(=O)[nH]c2c1. The highest BCUT2D eigenvalue weighted by Gasteiger charge is 2.22. The minimum atomic E-state index is -3.61. The average Bonchev–Trinajstić information content (AvgIpc) is 2.52. The van der Waals surface area contributed by atoms with Crippen LogP contribution in [0.5, 0.6) is 0 Å². The molecule has 2 N–H and O–H groups in total. The van der Waals surface area contributed by atoms with Crippen LogP contribution in [0.1, 0.15) is 20.8 Å². The minimum Gasteiger partial charge on any atom is -0.408 e. The Bertz CT molecular complexity index is 734. The lowest BCUT2D eigenvalue weighted by atomic mass is 10.1. The smallest absolute Gasteiger partial charge is 0.408 e. The Labute approximate surface area is 104 Å². The van der Waals surface area contributed by atoms with E-state index in [1.165, 1.54) is 18.2 Å². The van der Waals surface area contributed by atoms with Crippen molar-refractivity contribution < 1.29 is 12.8 Å². The second-order valence-electron chi connectivity index (χ2n) is 5.03. The number of aromatic nitrogens is 1. The first-order chi connectivity index (χ1) is 8.17. The van der Waals surface area contributed by atoms with Crippen LogP contribution >= 0.6 is 0 Å². The van der Waals surface area contributed by atoms with E-state index >= 15 is 0 Å². The van der Waals surface area contributed by atoms with Gasteiger partial charge in [0, 0.05) is 5.54 Å². The molecule has 0 aliphatic carbocycles. The van der Waals surface area contributed by atoms with Gasteiger partial charge in [0.1, 0.15) is 0 Å². The number of nitrogens with one attached hydrogen (secondary N) is 2. The van der Waals surface area contributed by atoms with Crippen molar-refractivity contribution in [3.63, 3.8) is 0 Å². The molecule has 0 saturated carbocycles. The Kier molecular flexibility index (Phi) is 2.83. The monoisotopic (exact) mass is 270 g/mol. The zero-order chi connectivity index (χ0) is 13.6. The summed E-state index contributed by atoms with van der Waals surface area (Å²) in [6.07, 6.45) is 0. The number of benzene rings is 1. The van der Waals surface area contributed by atoms with E-state index in [1.54, 1.807) is 20.8 Å². The van der Waals surface area contributed by atoms with Gasteiger partial charge in [0.15, 0.2) is 5.58 Å². The Morgan fingerprint density at radius 1 is 1.28 bits per heavy atom. The van der Waals surface area contributed by atoms with Crippen LogP contribution in [0.4, 0.5) is 0 Å². The second kappa shape index (κ2) is 3.96. The molecule has 2 rings (SSSR count). The van der Waals surface area contributed by atoms with Crippen molar-refractivity contribution in [2.24, 2.45) is 0 Å². The van der Waals surface area contributed by atoms with Gasteiger partial charge in [0.25, 0.3) is 0 Å². The molecule has 0 amide bonds. The van der Waals surface area contributed by atoms with Gasteiger partial charge in [-0.2, -0.15) is 0 Å². The summed E-state index contributed by atoms with van der Waals surface area (Å²) in [5.41, 5.74) is 0.115. The first kappa shape index (κ1) is 12.8. The molecule has 0 atom stereocenters. The molecule has 1 heterocycles. The molecule has 1 aromatic heterocycles. The molecular formula is C11H14N2O4S. The lowest BCUT2D eigenvalue weighted by Gasteiger charge is -2.20. The van der Waals surface area contributed by atoms with Crippen molar-refractivity contribution in [3.8, 4) is 0 Å². The molecule has 2 aromatic rings. The largest absolute Gasteiger partial charge is 0.417 e.